The highest BCUT2D eigenvalue weighted by atomic mass is 32.2. The minimum Gasteiger partial charge on any atom is -0.497 e. The first-order valence-corrected chi connectivity index (χ1v) is 8.06. The number of carbonyl (C=O) groups excluding carboxylic acids is 1. The zero-order valence-electron chi connectivity index (χ0n) is 13.3. The average Bonchev–Trinajstić information content (AvgIpc) is 2.50. The molecular formula is C18H21NO2S. The standard InChI is InChI=1S/C18H21NO2S/c1-12-5-10-17(13(2)11-12)19-18(20)14(3)22-16-8-6-15(21-4)7-9-16/h5-11,14H,1-4H3,(H,19,20)/t14-/m0/s1. The maximum absolute atomic E-state index is 12.3. The molecule has 0 aliphatic rings. The van der Waals surface area contributed by atoms with Gasteiger partial charge in [-0.25, -0.2) is 0 Å². The van der Waals surface area contributed by atoms with Crippen molar-refractivity contribution in [3.63, 3.8) is 0 Å². The number of hydrogen-bond acceptors (Lipinski definition) is 3. The van der Waals surface area contributed by atoms with Gasteiger partial charge < -0.3 is 10.1 Å². The largest absolute Gasteiger partial charge is 0.497 e. The Labute approximate surface area is 136 Å². The predicted octanol–water partition coefficient (Wildman–Crippen LogP) is 4.43. The predicted molar refractivity (Wildman–Crippen MR) is 92.9 cm³/mol. The lowest BCUT2D eigenvalue weighted by Crippen LogP contribution is -2.22. The number of anilines is 1. The number of hydrogen-bond donors (Lipinski definition) is 1. The molecule has 0 bridgehead atoms. The minimum absolute atomic E-state index is 0.00720. The van der Waals surface area contributed by atoms with Crippen LogP contribution in [-0.2, 0) is 4.79 Å². The number of amides is 1. The van der Waals surface area contributed by atoms with Gasteiger partial charge in [0.15, 0.2) is 0 Å². The van der Waals surface area contributed by atoms with E-state index in [1.807, 2.05) is 57.2 Å². The molecule has 1 atom stereocenters. The van der Waals surface area contributed by atoms with E-state index >= 15 is 0 Å². The molecule has 0 fully saturated rings. The van der Waals surface area contributed by atoms with Crippen LogP contribution in [0.1, 0.15) is 18.1 Å². The van der Waals surface area contributed by atoms with Crippen LogP contribution in [0.4, 0.5) is 5.69 Å². The molecule has 0 saturated carbocycles. The lowest BCUT2D eigenvalue weighted by Gasteiger charge is -2.14. The van der Waals surface area contributed by atoms with Gasteiger partial charge >= 0.3 is 0 Å². The van der Waals surface area contributed by atoms with Gasteiger partial charge in [-0.3, -0.25) is 4.79 Å². The van der Waals surface area contributed by atoms with Crippen molar-refractivity contribution in [2.24, 2.45) is 0 Å². The van der Waals surface area contributed by atoms with Crippen LogP contribution in [0.2, 0.25) is 0 Å². The summed E-state index contributed by atoms with van der Waals surface area (Å²) in [7, 11) is 1.64. The van der Waals surface area contributed by atoms with E-state index < -0.39 is 0 Å². The highest BCUT2D eigenvalue weighted by Crippen LogP contribution is 2.26. The topological polar surface area (TPSA) is 38.3 Å². The van der Waals surface area contributed by atoms with E-state index in [1.54, 1.807) is 7.11 Å². The van der Waals surface area contributed by atoms with Gasteiger partial charge in [-0.05, 0) is 56.7 Å². The van der Waals surface area contributed by atoms with Crippen molar-refractivity contribution in [2.45, 2.75) is 30.9 Å². The molecule has 2 aromatic rings. The molecule has 1 amide bonds. The van der Waals surface area contributed by atoms with Crippen molar-refractivity contribution in [2.75, 3.05) is 12.4 Å². The van der Waals surface area contributed by atoms with Crippen molar-refractivity contribution in [3.8, 4) is 5.75 Å². The summed E-state index contributed by atoms with van der Waals surface area (Å²) in [6.45, 7) is 5.96. The molecule has 1 N–H and O–H groups in total. The van der Waals surface area contributed by atoms with Gasteiger partial charge in [0.05, 0.1) is 12.4 Å². The lowest BCUT2D eigenvalue weighted by atomic mass is 10.1. The molecule has 0 saturated heterocycles. The monoisotopic (exact) mass is 315 g/mol. The first kappa shape index (κ1) is 16.4. The zero-order chi connectivity index (χ0) is 16.1. The van der Waals surface area contributed by atoms with Gasteiger partial charge in [0, 0.05) is 10.6 Å². The maximum Gasteiger partial charge on any atom is 0.237 e. The Morgan fingerprint density at radius 2 is 1.82 bits per heavy atom. The summed E-state index contributed by atoms with van der Waals surface area (Å²) >= 11 is 1.53. The van der Waals surface area contributed by atoms with E-state index in [0.717, 1.165) is 21.9 Å². The van der Waals surface area contributed by atoms with Crippen LogP contribution in [0, 0.1) is 13.8 Å². The zero-order valence-corrected chi connectivity index (χ0v) is 14.2. The van der Waals surface area contributed by atoms with E-state index in [2.05, 4.69) is 11.4 Å². The van der Waals surface area contributed by atoms with Gasteiger partial charge in [-0.2, -0.15) is 0 Å². The SMILES string of the molecule is COc1ccc(S[C@@H](C)C(=O)Nc2ccc(C)cc2C)cc1. The van der Waals surface area contributed by atoms with Gasteiger partial charge in [0.1, 0.15) is 5.75 Å². The van der Waals surface area contributed by atoms with Crippen LogP contribution >= 0.6 is 11.8 Å². The Hall–Kier alpha value is -1.94. The van der Waals surface area contributed by atoms with Crippen molar-refractivity contribution in [1.29, 1.82) is 0 Å². The van der Waals surface area contributed by atoms with Crippen molar-refractivity contribution >= 4 is 23.4 Å². The van der Waals surface area contributed by atoms with Crippen molar-refractivity contribution < 1.29 is 9.53 Å². The Morgan fingerprint density at radius 1 is 1.14 bits per heavy atom. The molecular weight excluding hydrogens is 294 g/mol. The second-order valence-corrected chi connectivity index (χ2v) is 6.66. The molecule has 0 radical (unpaired) electrons. The number of carbonyl (C=O) groups is 1. The number of thioether (sulfide) groups is 1. The van der Waals surface area contributed by atoms with Gasteiger partial charge in [-0.15, -0.1) is 11.8 Å². The van der Waals surface area contributed by atoms with Crippen LogP contribution in [0.25, 0.3) is 0 Å². The highest BCUT2D eigenvalue weighted by molar-refractivity contribution is 8.00. The Kier molecular flexibility index (Phi) is 5.50. The number of nitrogens with one attached hydrogen (secondary N) is 1. The summed E-state index contributed by atoms with van der Waals surface area (Å²) < 4.78 is 5.13. The third-order valence-corrected chi connectivity index (χ3v) is 4.49. The molecule has 2 aromatic carbocycles. The van der Waals surface area contributed by atoms with Gasteiger partial charge in [-0.1, -0.05) is 17.7 Å². The second kappa shape index (κ2) is 7.36. The molecule has 0 spiro atoms. The van der Waals surface area contributed by atoms with Crippen LogP contribution in [0.3, 0.4) is 0 Å². The summed E-state index contributed by atoms with van der Waals surface area (Å²) in [5, 5.41) is 2.82. The summed E-state index contributed by atoms with van der Waals surface area (Å²) in [6.07, 6.45) is 0. The second-order valence-electron chi connectivity index (χ2n) is 5.24. The van der Waals surface area contributed by atoms with E-state index in [-0.39, 0.29) is 11.2 Å². The van der Waals surface area contributed by atoms with Gasteiger partial charge in [0.2, 0.25) is 5.91 Å². The molecule has 4 heteroatoms. The van der Waals surface area contributed by atoms with Crippen LogP contribution in [0.5, 0.6) is 5.75 Å². The molecule has 0 heterocycles. The number of benzene rings is 2. The Bertz CT molecular complexity index is 653. The lowest BCUT2D eigenvalue weighted by molar-refractivity contribution is -0.115. The molecule has 0 aliphatic heterocycles. The number of ether oxygens (including phenoxy) is 1. The van der Waals surface area contributed by atoms with Crippen LogP contribution in [0.15, 0.2) is 47.4 Å². The molecule has 22 heavy (non-hydrogen) atoms. The van der Waals surface area contributed by atoms with Crippen molar-refractivity contribution in [1.82, 2.24) is 0 Å². The molecule has 0 unspecified atom stereocenters. The molecule has 116 valence electrons. The fraction of sp³-hybridized carbons (Fsp3) is 0.278. The van der Waals surface area contributed by atoms with Gasteiger partial charge in [0.25, 0.3) is 0 Å². The van der Waals surface area contributed by atoms with E-state index in [0.29, 0.717) is 0 Å². The fourth-order valence-electron chi connectivity index (χ4n) is 2.10. The fourth-order valence-corrected chi connectivity index (χ4v) is 2.97. The summed E-state index contributed by atoms with van der Waals surface area (Å²) in [6, 6.07) is 13.7. The molecule has 2 rings (SSSR count). The Morgan fingerprint density at radius 3 is 2.41 bits per heavy atom. The first-order chi connectivity index (χ1) is 10.5. The smallest absolute Gasteiger partial charge is 0.237 e. The third-order valence-electron chi connectivity index (χ3n) is 3.38. The molecule has 0 aromatic heterocycles. The summed E-state index contributed by atoms with van der Waals surface area (Å²) in [5.74, 6) is 0.824. The Balaban J connectivity index is 1.99. The quantitative estimate of drug-likeness (QED) is 0.829. The normalized spacial score (nSPS) is 11.8. The maximum atomic E-state index is 12.3. The third kappa shape index (κ3) is 4.28. The average molecular weight is 315 g/mol. The number of aryl methyl sites for hydroxylation is 2. The van der Waals surface area contributed by atoms with E-state index in [1.165, 1.54) is 17.3 Å². The minimum atomic E-state index is -0.172. The van der Waals surface area contributed by atoms with Crippen LogP contribution in [-0.4, -0.2) is 18.3 Å². The summed E-state index contributed by atoms with van der Waals surface area (Å²) in [5.41, 5.74) is 3.14. The van der Waals surface area contributed by atoms with Crippen molar-refractivity contribution in [3.05, 3.63) is 53.6 Å². The summed E-state index contributed by atoms with van der Waals surface area (Å²) in [4.78, 5) is 13.4. The molecule has 0 aliphatic carbocycles. The number of rotatable bonds is 5. The highest BCUT2D eigenvalue weighted by Gasteiger charge is 2.15. The van der Waals surface area contributed by atoms with E-state index in [9.17, 15) is 4.79 Å². The first-order valence-electron chi connectivity index (χ1n) is 7.18. The number of methoxy groups -OCH3 is 1. The van der Waals surface area contributed by atoms with E-state index in [4.69, 9.17) is 4.74 Å². The van der Waals surface area contributed by atoms with Crippen LogP contribution < -0.4 is 10.1 Å². The molecule has 3 nitrogen and oxygen atoms in total.